The van der Waals surface area contributed by atoms with Gasteiger partial charge in [-0.1, -0.05) is 32.0 Å². The Bertz CT molecular complexity index is 800. The van der Waals surface area contributed by atoms with Crippen molar-refractivity contribution in [2.75, 3.05) is 6.61 Å². The third kappa shape index (κ3) is 7.59. The molecule has 0 unspecified atom stereocenters. The number of carbonyl (C=O) groups is 2. The van der Waals surface area contributed by atoms with E-state index in [9.17, 15) is 9.59 Å². The zero-order chi connectivity index (χ0) is 19.6. The van der Waals surface area contributed by atoms with Gasteiger partial charge < -0.3 is 4.74 Å². The Labute approximate surface area is 167 Å². The topological polar surface area (TPSA) is 79.5 Å². The van der Waals surface area contributed by atoms with Crippen molar-refractivity contribution < 1.29 is 14.3 Å². The van der Waals surface area contributed by atoms with E-state index in [1.807, 2.05) is 41.8 Å². The van der Waals surface area contributed by atoms with Gasteiger partial charge in [-0.3, -0.25) is 25.8 Å². The first-order valence-corrected chi connectivity index (χ1v) is 9.57. The molecular formula is C19H21N3O3S2. The molecule has 142 valence electrons. The summed E-state index contributed by atoms with van der Waals surface area (Å²) < 4.78 is 5.40. The first-order valence-electron chi connectivity index (χ1n) is 8.28. The maximum absolute atomic E-state index is 11.8. The van der Waals surface area contributed by atoms with Crippen LogP contribution in [0.25, 0.3) is 6.08 Å². The van der Waals surface area contributed by atoms with Crippen LogP contribution in [0.1, 0.15) is 30.2 Å². The lowest BCUT2D eigenvalue weighted by Crippen LogP contribution is -2.49. The van der Waals surface area contributed by atoms with E-state index in [4.69, 9.17) is 17.0 Å². The van der Waals surface area contributed by atoms with Gasteiger partial charge in [-0.05, 0) is 53.4 Å². The monoisotopic (exact) mass is 403 g/mol. The molecule has 1 aromatic carbocycles. The summed E-state index contributed by atoms with van der Waals surface area (Å²) in [6.07, 6.45) is 3.05. The van der Waals surface area contributed by atoms with E-state index < -0.39 is 11.8 Å². The number of hydrazine groups is 1. The highest BCUT2D eigenvalue weighted by Crippen LogP contribution is 2.18. The lowest BCUT2D eigenvalue weighted by atomic mass is 10.0. The number of thiocarbonyl (C=S) groups is 1. The van der Waals surface area contributed by atoms with Crippen LogP contribution in [0.4, 0.5) is 0 Å². The number of ether oxygens (including phenoxy) is 1. The van der Waals surface area contributed by atoms with Crippen LogP contribution < -0.4 is 20.9 Å². The molecule has 1 heterocycles. The lowest BCUT2D eigenvalue weighted by molar-refractivity contribution is -0.123. The minimum atomic E-state index is -0.423. The van der Waals surface area contributed by atoms with Crippen LogP contribution in [0, 0.1) is 0 Å². The number of amides is 2. The Balaban J connectivity index is 1.67. The van der Waals surface area contributed by atoms with Gasteiger partial charge in [0.1, 0.15) is 5.75 Å². The molecule has 0 fully saturated rings. The highest BCUT2D eigenvalue weighted by atomic mass is 32.1. The SMILES string of the molecule is CC(C)c1ccc(OCC(=O)NNC(=S)NC(=O)C=Cc2cccs2)cc1. The Hall–Kier alpha value is -2.71. The van der Waals surface area contributed by atoms with Crippen molar-refractivity contribution in [1.29, 1.82) is 0 Å². The molecule has 0 aliphatic carbocycles. The Morgan fingerprint density at radius 2 is 1.93 bits per heavy atom. The average Bonchev–Trinajstić information content (AvgIpc) is 3.17. The molecule has 0 spiro atoms. The highest BCUT2D eigenvalue weighted by Gasteiger charge is 2.06. The van der Waals surface area contributed by atoms with E-state index in [0.717, 1.165) is 4.88 Å². The molecular weight excluding hydrogens is 382 g/mol. The van der Waals surface area contributed by atoms with Gasteiger partial charge >= 0.3 is 0 Å². The van der Waals surface area contributed by atoms with Crippen LogP contribution in [-0.4, -0.2) is 23.5 Å². The number of hydrogen-bond donors (Lipinski definition) is 3. The maximum atomic E-state index is 11.8. The molecule has 2 aromatic rings. The Morgan fingerprint density at radius 3 is 2.56 bits per heavy atom. The second kappa shape index (κ2) is 10.4. The summed E-state index contributed by atoms with van der Waals surface area (Å²) in [5.74, 6) is 0.220. The fraction of sp³-hybridized carbons (Fsp3) is 0.211. The smallest absolute Gasteiger partial charge is 0.276 e. The molecule has 1 aromatic heterocycles. The van der Waals surface area contributed by atoms with Gasteiger partial charge in [0, 0.05) is 11.0 Å². The number of hydrogen-bond acceptors (Lipinski definition) is 5. The standard InChI is InChI=1S/C19H21N3O3S2/c1-13(2)14-5-7-15(8-6-14)25-12-18(24)21-22-19(26)20-17(23)10-9-16-4-3-11-27-16/h3-11,13H,12H2,1-2H3,(H,21,24)(H2,20,22,23,26). The molecule has 27 heavy (non-hydrogen) atoms. The van der Waals surface area contributed by atoms with E-state index >= 15 is 0 Å². The maximum Gasteiger partial charge on any atom is 0.276 e. The Kier molecular flexibility index (Phi) is 7.97. The van der Waals surface area contributed by atoms with Crippen molar-refractivity contribution in [2.45, 2.75) is 19.8 Å². The fourth-order valence-corrected chi connectivity index (χ4v) is 2.76. The summed E-state index contributed by atoms with van der Waals surface area (Å²) in [6.45, 7) is 4.03. The van der Waals surface area contributed by atoms with Crippen LogP contribution in [0.15, 0.2) is 47.9 Å². The van der Waals surface area contributed by atoms with Gasteiger partial charge in [-0.15, -0.1) is 11.3 Å². The second-order valence-corrected chi connectivity index (χ2v) is 7.24. The molecule has 3 N–H and O–H groups in total. The summed E-state index contributed by atoms with van der Waals surface area (Å²) in [5.41, 5.74) is 6.02. The number of rotatable bonds is 6. The number of carbonyl (C=O) groups excluding carboxylic acids is 2. The number of benzene rings is 1. The molecule has 2 rings (SSSR count). The lowest BCUT2D eigenvalue weighted by Gasteiger charge is -2.11. The van der Waals surface area contributed by atoms with Gasteiger partial charge in [0.2, 0.25) is 5.91 Å². The van der Waals surface area contributed by atoms with Crippen molar-refractivity contribution in [3.05, 3.63) is 58.3 Å². The van der Waals surface area contributed by atoms with E-state index in [2.05, 4.69) is 30.0 Å². The zero-order valence-electron chi connectivity index (χ0n) is 15.0. The minimum Gasteiger partial charge on any atom is -0.484 e. The second-order valence-electron chi connectivity index (χ2n) is 5.85. The first-order chi connectivity index (χ1) is 12.9. The summed E-state index contributed by atoms with van der Waals surface area (Å²) in [5, 5.41) is 4.34. The number of nitrogens with one attached hydrogen (secondary N) is 3. The molecule has 6 nitrogen and oxygen atoms in total. The molecule has 0 radical (unpaired) electrons. The van der Waals surface area contributed by atoms with Crippen molar-refractivity contribution >= 4 is 46.6 Å². The van der Waals surface area contributed by atoms with Gasteiger partial charge in [-0.25, -0.2) is 0 Å². The molecule has 0 saturated heterocycles. The van der Waals surface area contributed by atoms with Crippen LogP contribution >= 0.6 is 23.6 Å². The minimum absolute atomic E-state index is 0.00883. The van der Waals surface area contributed by atoms with Crippen LogP contribution in [0.2, 0.25) is 0 Å². The Morgan fingerprint density at radius 1 is 1.19 bits per heavy atom. The molecule has 8 heteroatoms. The van der Waals surface area contributed by atoms with E-state index in [1.165, 1.54) is 23.0 Å². The summed E-state index contributed by atoms with van der Waals surface area (Å²) >= 11 is 6.47. The van der Waals surface area contributed by atoms with Gasteiger partial charge in [-0.2, -0.15) is 0 Å². The van der Waals surface area contributed by atoms with Crippen molar-refractivity contribution in [2.24, 2.45) is 0 Å². The third-order valence-electron chi connectivity index (χ3n) is 3.41. The summed E-state index contributed by atoms with van der Waals surface area (Å²) in [7, 11) is 0. The van der Waals surface area contributed by atoms with Crippen LogP contribution in [0.5, 0.6) is 5.75 Å². The molecule has 2 amide bonds. The highest BCUT2D eigenvalue weighted by molar-refractivity contribution is 7.80. The van der Waals surface area contributed by atoms with E-state index in [1.54, 1.807) is 6.08 Å². The molecule has 0 bridgehead atoms. The van der Waals surface area contributed by atoms with Gasteiger partial charge in [0.05, 0.1) is 0 Å². The van der Waals surface area contributed by atoms with Crippen molar-refractivity contribution in [3.8, 4) is 5.75 Å². The summed E-state index contributed by atoms with van der Waals surface area (Å²) in [6, 6.07) is 11.4. The molecule has 0 atom stereocenters. The predicted octanol–water partition coefficient (Wildman–Crippen LogP) is 2.99. The first kappa shape index (κ1) is 20.6. The molecule has 0 aliphatic heterocycles. The van der Waals surface area contributed by atoms with Crippen molar-refractivity contribution in [1.82, 2.24) is 16.2 Å². The van der Waals surface area contributed by atoms with Crippen molar-refractivity contribution in [3.63, 3.8) is 0 Å². The molecule has 0 aliphatic rings. The zero-order valence-corrected chi connectivity index (χ0v) is 16.7. The van der Waals surface area contributed by atoms with Crippen LogP contribution in [-0.2, 0) is 9.59 Å². The van der Waals surface area contributed by atoms with Gasteiger partial charge in [0.25, 0.3) is 5.91 Å². The quantitative estimate of drug-likeness (QED) is 0.393. The van der Waals surface area contributed by atoms with Crippen LogP contribution in [0.3, 0.4) is 0 Å². The van der Waals surface area contributed by atoms with Gasteiger partial charge in [0.15, 0.2) is 11.7 Å². The van der Waals surface area contributed by atoms with E-state index in [-0.39, 0.29) is 11.7 Å². The fourth-order valence-electron chi connectivity index (χ4n) is 1.99. The summed E-state index contributed by atoms with van der Waals surface area (Å²) in [4.78, 5) is 24.5. The average molecular weight is 404 g/mol. The number of thiophene rings is 1. The third-order valence-corrected chi connectivity index (χ3v) is 4.45. The predicted molar refractivity (Wildman–Crippen MR) is 111 cm³/mol. The largest absolute Gasteiger partial charge is 0.484 e. The normalized spacial score (nSPS) is 10.6. The van der Waals surface area contributed by atoms with E-state index in [0.29, 0.717) is 11.7 Å². The molecule has 0 saturated carbocycles.